The van der Waals surface area contributed by atoms with Crippen LogP contribution in [-0.4, -0.2) is 28.0 Å². The SMILES string of the molecule is CCCC(NC(=O)c1cc2c(C)c(C)ccc2[nH]1)C(=O)O. The Morgan fingerprint density at radius 2 is 2.05 bits per heavy atom. The fourth-order valence-electron chi connectivity index (χ4n) is 2.36. The molecule has 21 heavy (non-hydrogen) atoms. The van der Waals surface area contributed by atoms with E-state index in [0.29, 0.717) is 18.5 Å². The molecule has 0 aliphatic heterocycles. The number of aromatic nitrogens is 1. The molecular weight excluding hydrogens is 268 g/mol. The number of fused-ring (bicyclic) bond motifs is 1. The number of hydrogen-bond donors (Lipinski definition) is 3. The molecule has 0 aliphatic rings. The first kappa shape index (κ1) is 15.1. The van der Waals surface area contributed by atoms with Gasteiger partial charge in [0.05, 0.1) is 0 Å². The molecule has 0 saturated carbocycles. The fraction of sp³-hybridized carbons (Fsp3) is 0.375. The number of carboxylic acid groups (broad SMARTS) is 1. The summed E-state index contributed by atoms with van der Waals surface area (Å²) in [6.07, 6.45) is 1.11. The van der Waals surface area contributed by atoms with Gasteiger partial charge in [-0.3, -0.25) is 4.79 Å². The standard InChI is InChI=1S/C16H20N2O3/c1-4-5-13(16(20)21)18-15(19)14-8-11-10(3)9(2)6-7-12(11)17-14/h6-8,13,17H,4-5H2,1-3H3,(H,18,19)(H,20,21). The predicted molar refractivity (Wildman–Crippen MR) is 81.6 cm³/mol. The van der Waals surface area contributed by atoms with Gasteiger partial charge in [0.2, 0.25) is 0 Å². The number of nitrogens with one attached hydrogen (secondary N) is 2. The van der Waals surface area contributed by atoms with E-state index in [4.69, 9.17) is 5.11 Å². The Morgan fingerprint density at radius 1 is 1.33 bits per heavy atom. The number of aromatic amines is 1. The molecule has 0 fully saturated rings. The lowest BCUT2D eigenvalue weighted by molar-refractivity contribution is -0.139. The highest BCUT2D eigenvalue weighted by molar-refractivity contribution is 6.00. The molecule has 0 aliphatic carbocycles. The van der Waals surface area contributed by atoms with Gasteiger partial charge in [-0.2, -0.15) is 0 Å². The van der Waals surface area contributed by atoms with Gasteiger partial charge in [-0.25, -0.2) is 4.79 Å². The van der Waals surface area contributed by atoms with Gasteiger partial charge < -0.3 is 15.4 Å². The number of carbonyl (C=O) groups excluding carboxylic acids is 1. The minimum absolute atomic E-state index is 0.385. The van der Waals surface area contributed by atoms with Crippen molar-refractivity contribution >= 4 is 22.8 Å². The van der Waals surface area contributed by atoms with E-state index in [0.717, 1.165) is 22.0 Å². The Hall–Kier alpha value is -2.30. The van der Waals surface area contributed by atoms with Gasteiger partial charge in [-0.15, -0.1) is 0 Å². The normalized spacial score (nSPS) is 12.3. The summed E-state index contributed by atoms with van der Waals surface area (Å²) in [7, 11) is 0. The third kappa shape index (κ3) is 3.07. The molecular formula is C16H20N2O3. The van der Waals surface area contributed by atoms with Crippen molar-refractivity contribution in [2.24, 2.45) is 0 Å². The zero-order valence-corrected chi connectivity index (χ0v) is 12.5. The van der Waals surface area contributed by atoms with Crippen LogP contribution >= 0.6 is 0 Å². The number of aliphatic carboxylic acids is 1. The molecule has 0 saturated heterocycles. The lowest BCUT2D eigenvalue weighted by Gasteiger charge is -2.12. The van der Waals surface area contributed by atoms with Crippen LogP contribution in [0.15, 0.2) is 18.2 Å². The lowest BCUT2D eigenvalue weighted by atomic mass is 10.1. The smallest absolute Gasteiger partial charge is 0.326 e. The first-order chi connectivity index (χ1) is 9.93. The predicted octanol–water partition coefficient (Wildman–Crippen LogP) is 2.77. The Morgan fingerprint density at radius 3 is 2.67 bits per heavy atom. The highest BCUT2D eigenvalue weighted by atomic mass is 16.4. The summed E-state index contributed by atoms with van der Waals surface area (Å²) in [4.78, 5) is 26.3. The van der Waals surface area contributed by atoms with E-state index in [2.05, 4.69) is 10.3 Å². The fourth-order valence-corrected chi connectivity index (χ4v) is 2.36. The molecule has 1 aromatic heterocycles. The van der Waals surface area contributed by atoms with E-state index < -0.39 is 12.0 Å². The molecule has 1 atom stereocenters. The van der Waals surface area contributed by atoms with Gasteiger partial charge in [0.1, 0.15) is 11.7 Å². The third-order valence-corrected chi connectivity index (χ3v) is 3.77. The lowest BCUT2D eigenvalue weighted by Crippen LogP contribution is -2.40. The summed E-state index contributed by atoms with van der Waals surface area (Å²) in [6.45, 7) is 5.91. The summed E-state index contributed by atoms with van der Waals surface area (Å²) < 4.78 is 0. The zero-order chi connectivity index (χ0) is 15.6. The monoisotopic (exact) mass is 288 g/mol. The molecule has 1 heterocycles. The molecule has 5 heteroatoms. The zero-order valence-electron chi connectivity index (χ0n) is 12.5. The third-order valence-electron chi connectivity index (χ3n) is 3.77. The average Bonchev–Trinajstić information content (AvgIpc) is 2.87. The van der Waals surface area contributed by atoms with Gasteiger partial charge in [0.25, 0.3) is 5.91 Å². The number of hydrogen-bond acceptors (Lipinski definition) is 2. The number of H-pyrrole nitrogens is 1. The van der Waals surface area contributed by atoms with Crippen LogP contribution in [0.1, 0.15) is 41.4 Å². The van der Waals surface area contributed by atoms with Gasteiger partial charge in [-0.1, -0.05) is 19.4 Å². The van der Waals surface area contributed by atoms with Crippen molar-refractivity contribution in [2.75, 3.05) is 0 Å². The van der Waals surface area contributed by atoms with Crippen molar-refractivity contribution in [3.63, 3.8) is 0 Å². The van der Waals surface area contributed by atoms with Crippen molar-refractivity contribution in [2.45, 2.75) is 39.7 Å². The summed E-state index contributed by atoms with van der Waals surface area (Å²) in [5.74, 6) is -1.39. The highest BCUT2D eigenvalue weighted by Gasteiger charge is 2.20. The maximum absolute atomic E-state index is 12.2. The van der Waals surface area contributed by atoms with Crippen LogP contribution < -0.4 is 5.32 Å². The van der Waals surface area contributed by atoms with Crippen molar-refractivity contribution in [3.8, 4) is 0 Å². The first-order valence-corrected chi connectivity index (χ1v) is 7.06. The minimum atomic E-state index is -1.01. The summed E-state index contributed by atoms with van der Waals surface area (Å²) in [5, 5.41) is 12.6. The van der Waals surface area contributed by atoms with Crippen molar-refractivity contribution in [3.05, 3.63) is 35.0 Å². The molecule has 1 aromatic carbocycles. The number of amides is 1. The van der Waals surface area contributed by atoms with Gasteiger partial charge in [0.15, 0.2) is 0 Å². The van der Waals surface area contributed by atoms with Gasteiger partial charge in [0, 0.05) is 10.9 Å². The maximum Gasteiger partial charge on any atom is 0.326 e. The van der Waals surface area contributed by atoms with Crippen LogP contribution in [0, 0.1) is 13.8 Å². The van der Waals surface area contributed by atoms with Crippen LogP contribution in [0.25, 0.3) is 10.9 Å². The second-order valence-electron chi connectivity index (χ2n) is 5.30. The molecule has 0 radical (unpaired) electrons. The van der Waals surface area contributed by atoms with E-state index in [1.807, 2.05) is 32.9 Å². The number of carboxylic acids is 1. The van der Waals surface area contributed by atoms with E-state index in [9.17, 15) is 9.59 Å². The topological polar surface area (TPSA) is 82.2 Å². The molecule has 1 unspecified atom stereocenters. The second kappa shape index (κ2) is 5.99. The second-order valence-corrected chi connectivity index (χ2v) is 5.30. The molecule has 2 rings (SSSR count). The molecule has 0 bridgehead atoms. The maximum atomic E-state index is 12.2. The Labute approximate surface area is 123 Å². The average molecular weight is 288 g/mol. The summed E-state index contributed by atoms with van der Waals surface area (Å²) in [6, 6.07) is 4.84. The highest BCUT2D eigenvalue weighted by Crippen LogP contribution is 2.22. The number of benzene rings is 1. The Kier molecular flexibility index (Phi) is 4.31. The van der Waals surface area contributed by atoms with E-state index >= 15 is 0 Å². The molecule has 2 aromatic rings. The first-order valence-electron chi connectivity index (χ1n) is 7.06. The van der Waals surface area contributed by atoms with Crippen LogP contribution in [0.2, 0.25) is 0 Å². The number of carbonyl (C=O) groups is 2. The molecule has 0 spiro atoms. The molecule has 3 N–H and O–H groups in total. The largest absolute Gasteiger partial charge is 0.480 e. The molecule has 1 amide bonds. The summed E-state index contributed by atoms with van der Waals surface area (Å²) >= 11 is 0. The van der Waals surface area contributed by atoms with Crippen molar-refractivity contribution in [1.29, 1.82) is 0 Å². The van der Waals surface area contributed by atoms with Gasteiger partial charge >= 0.3 is 5.97 Å². The summed E-state index contributed by atoms with van der Waals surface area (Å²) in [5.41, 5.74) is 3.54. The number of aryl methyl sites for hydroxylation is 2. The Bertz CT molecular complexity index is 688. The van der Waals surface area contributed by atoms with Crippen molar-refractivity contribution in [1.82, 2.24) is 10.3 Å². The molecule has 112 valence electrons. The van der Waals surface area contributed by atoms with Gasteiger partial charge in [-0.05, 0) is 43.5 Å². The van der Waals surface area contributed by atoms with Crippen LogP contribution in [0.3, 0.4) is 0 Å². The van der Waals surface area contributed by atoms with Crippen LogP contribution in [0.4, 0.5) is 0 Å². The number of rotatable bonds is 5. The van der Waals surface area contributed by atoms with Crippen LogP contribution in [0.5, 0.6) is 0 Å². The van der Waals surface area contributed by atoms with Crippen molar-refractivity contribution < 1.29 is 14.7 Å². The minimum Gasteiger partial charge on any atom is -0.480 e. The molecule has 5 nitrogen and oxygen atoms in total. The van der Waals surface area contributed by atoms with Crippen LogP contribution in [-0.2, 0) is 4.79 Å². The Balaban J connectivity index is 2.27. The van der Waals surface area contributed by atoms with E-state index in [1.54, 1.807) is 6.07 Å². The quantitative estimate of drug-likeness (QED) is 0.791. The van der Waals surface area contributed by atoms with E-state index in [1.165, 1.54) is 0 Å². The van der Waals surface area contributed by atoms with E-state index in [-0.39, 0.29) is 5.91 Å².